The Kier molecular flexibility index (Phi) is 10.9. The van der Waals surface area contributed by atoms with E-state index in [1.54, 1.807) is 0 Å². The zero-order valence-corrected chi connectivity index (χ0v) is 19.4. The minimum absolute atomic E-state index is 0. The van der Waals surface area contributed by atoms with Crippen LogP contribution in [0.2, 0.25) is 0 Å². The van der Waals surface area contributed by atoms with Crippen molar-refractivity contribution in [2.75, 3.05) is 6.16 Å². The lowest BCUT2D eigenvalue weighted by Gasteiger charge is -2.26. The highest BCUT2D eigenvalue weighted by Gasteiger charge is 2.43. The van der Waals surface area contributed by atoms with Crippen molar-refractivity contribution in [1.82, 2.24) is 0 Å². The molecule has 1 unspecified atom stereocenters. The molecule has 0 aliphatic rings. The van der Waals surface area contributed by atoms with Gasteiger partial charge in [0.2, 0.25) is 0 Å². The molecule has 0 fully saturated rings. The second-order valence-corrected chi connectivity index (χ2v) is 8.93. The molecule has 0 bridgehead atoms. The summed E-state index contributed by atoms with van der Waals surface area (Å²) in [5, 5.41) is 4.39. The van der Waals surface area contributed by atoms with E-state index in [9.17, 15) is 0 Å². The molecule has 3 rings (SSSR count). The van der Waals surface area contributed by atoms with Crippen molar-refractivity contribution < 1.29 is 17.0 Å². The molecule has 0 amide bonds. The van der Waals surface area contributed by atoms with Crippen LogP contribution in [0, 0.1) is 0 Å². The largest absolute Gasteiger partial charge is 1.00 e. The highest BCUT2D eigenvalue weighted by molar-refractivity contribution is 8.93. The second kappa shape index (κ2) is 11.2. The topological polar surface area (TPSA) is 0 Å². The average Bonchev–Trinajstić information content (AvgIpc) is 2.59. The normalized spacial score (nSPS) is 9.88. The number of hydrogen-bond donors (Lipinski definition) is 0. The zero-order valence-electron chi connectivity index (χ0n) is 13.8. The van der Waals surface area contributed by atoms with Crippen LogP contribution in [0.15, 0.2) is 91.0 Å². The van der Waals surface area contributed by atoms with E-state index < -0.39 is 7.26 Å². The van der Waals surface area contributed by atoms with Gasteiger partial charge in [0.15, 0.2) is 0 Å². The van der Waals surface area contributed by atoms with Crippen molar-refractivity contribution in [1.29, 1.82) is 0 Å². The van der Waals surface area contributed by atoms with E-state index in [1.165, 1.54) is 15.9 Å². The Labute approximate surface area is 170 Å². The standard InChI is InChI=1S/C20H20P.2BrH.H3P/c1-2-21(18-12-6-3-7-13-18,19-14-8-4-9-15-19)20-16-10-5-11-17-20;;;/h3-17H,2H2,1H3;2*1H;1H3/q+1;;;/p-1. The Morgan fingerprint density at radius 1 is 0.583 bits per heavy atom. The van der Waals surface area contributed by atoms with Crippen molar-refractivity contribution in [3.8, 4) is 0 Å². The van der Waals surface area contributed by atoms with Gasteiger partial charge in [-0.25, -0.2) is 0 Å². The first-order valence-corrected chi connectivity index (χ1v) is 9.40. The molecule has 0 saturated heterocycles. The zero-order chi connectivity index (χ0) is 14.5. The lowest BCUT2D eigenvalue weighted by atomic mass is 10.4. The smallest absolute Gasteiger partial charge is 0.111 e. The molecule has 128 valence electrons. The van der Waals surface area contributed by atoms with E-state index in [0.29, 0.717) is 0 Å². The first kappa shape index (κ1) is 23.5. The maximum absolute atomic E-state index is 2.32. The van der Waals surface area contributed by atoms with E-state index in [0.717, 1.165) is 6.16 Å². The number of halogens is 2. The summed E-state index contributed by atoms with van der Waals surface area (Å²) >= 11 is 0. The maximum atomic E-state index is 2.32. The molecule has 1 atom stereocenters. The van der Waals surface area contributed by atoms with Crippen LogP contribution in [0.25, 0.3) is 0 Å². The predicted octanol–water partition coefficient (Wildman–Crippen LogP) is 1.64. The molecule has 4 heteroatoms. The molecule has 3 aromatic carbocycles. The molecule has 0 aromatic heterocycles. The molecular weight excluding hydrogens is 462 g/mol. The summed E-state index contributed by atoms with van der Waals surface area (Å²) in [5.74, 6) is 0. The van der Waals surface area contributed by atoms with Gasteiger partial charge in [-0.1, -0.05) is 54.6 Å². The SMILES string of the molecule is Br.CC[P+](c1ccccc1)(c1ccccc1)c1ccccc1.P.[Br-]. The third-order valence-corrected chi connectivity index (χ3v) is 8.55. The molecule has 0 saturated carbocycles. The second-order valence-electron chi connectivity index (χ2n) is 5.13. The van der Waals surface area contributed by atoms with E-state index in [4.69, 9.17) is 0 Å². The Morgan fingerprint density at radius 2 is 0.833 bits per heavy atom. The molecule has 0 nitrogen and oxygen atoms in total. The van der Waals surface area contributed by atoms with Gasteiger partial charge in [0.05, 0.1) is 6.16 Å². The third-order valence-electron chi connectivity index (χ3n) is 4.07. The van der Waals surface area contributed by atoms with Crippen LogP contribution in [-0.4, -0.2) is 6.16 Å². The van der Waals surface area contributed by atoms with Crippen molar-refractivity contribution in [2.45, 2.75) is 6.92 Å². The number of rotatable bonds is 4. The van der Waals surface area contributed by atoms with E-state index in [1.807, 2.05) is 0 Å². The monoisotopic (exact) mass is 484 g/mol. The van der Waals surface area contributed by atoms with Gasteiger partial charge < -0.3 is 17.0 Å². The van der Waals surface area contributed by atoms with Crippen LogP contribution in [0.3, 0.4) is 0 Å². The molecule has 0 heterocycles. The summed E-state index contributed by atoms with van der Waals surface area (Å²) in [6, 6.07) is 33.0. The van der Waals surface area contributed by atoms with Crippen LogP contribution < -0.4 is 32.9 Å². The van der Waals surface area contributed by atoms with Crippen LogP contribution in [0.5, 0.6) is 0 Å². The van der Waals surface area contributed by atoms with Crippen molar-refractivity contribution in [3.63, 3.8) is 0 Å². The van der Waals surface area contributed by atoms with Crippen molar-refractivity contribution in [2.24, 2.45) is 0 Å². The number of benzene rings is 3. The van der Waals surface area contributed by atoms with Gasteiger partial charge in [0, 0.05) is 0 Å². The first-order valence-electron chi connectivity index (χ1n) is 7.43. The molecule has 0 N–H and O–H groups in total. The van der Waals surface area contributed by atoms with Crippen LogP contribution in [0.4, 0.5) is 0 Å². The fourth-order valence-electron chi connectivity index (χ4n) is 3.04. The van der Waals surface area contributed by atoms with E-state index in [-0.39, 0.29) is 43.9 Å². The van der Waals surface area contributed by atoms with Crippen molar-refractivity contribution in [3.05, 3.63) is 91.0 Å². The van der Waals surface area contributed by atoms with Crippen LogP contribution >= 0.6 is 34.1 Å². The molecule has 24 heavy (non-hydrogen) atoms. The van der Waals surface area contributed by atoms with E-state index >= 15 is 0 Å². The fourth-order valence-corrected chi connectivity index (χ4v) is 7.08. The summed E-state index contributed by atoms with van der Waals surface area (Å²) in [5.41, 5.74) is 0. The minimum atomic E-state index is -1.53. The summed E-state index contributed by atoms with van der Waals surface area (Å²) in [7, 11) is -1.53. The Bertz CT molecular complexity index is 592. The lowest BCUT2D eigenvalue weighted by Crippen LogP contribution is -3.00. The molecule has 0 aliphatic carbocycles. The van der Waals surface area contributed by atoms with Gasteiger partial charge in [-0.15, -0.1) is 17.0 Å². The predicted molar refractivity (Wildman–Crippen MR) is 117 cm³/mol. The highest BCUT2D eigenvalue weighted by Crippen LogP contribution is 2.54. The van der Waals surface area contributed by atoms with Crippen LogP contribution in [0.1, 0.15) is 6.92 Å². The Morgan fingerprint density at radius 3 is 1.04 bits per heavy atom. The fraction of sp³-hybridized carbons (Fsp3) is 0.100. The van der Waals surface area contributed by atoms with Gasteiger partial charge in [0.25, 0.3) is 0 Å². The van der Waals surface area contributed by atoms with Gasteiger partial charge >= 0.3 is 0 Å². The maximum Gasteiger partial charge on any atom is 0.111 e. The number of hydrogen-bond acceptors (Lipinski definition) is 0. The van der Waals surface area contributed by atoms with Crippen LogP contribution in [-0.2, 0) is 0 Å². The molecule has 0 aliphatic heterocycles. The Balaban J connectivity index is 0.00000176. The average molecular weight is 486 g/mol. The summed E-state index contributed by atoms with van der Waals surface area (Å²) in [6.07, 6.45) is 1.14. The quantitative estimate of drug-likeness (QED) is 0.493. The van der Waals surface area contributed by atoms with Gasteiger partial charge in [-0.2, -0.15) is 9.90 Å². The Hall–Kier alpha value is -0.520. The summed E-state index contributed by atoms with van der Waals surface area (Å²) in [4.78, 5) is 0. The van der Waals surface area contributed by atoms with E-state index in [2.05, 4.69) is 97.9 Å². The first-order chi connectivity index (χ1) is 10.4. The molecule has 0 radical (unpaired) electrons. The molecule has 0 spiro atoms. The summed E-state index contributed by atoms with van der Waals surface area (Å²) in [6.45, 7) is 2.32. The summed E-state index contributed by atoms with van der Waals surface area (Å²) < 4.78 is 0. The van der Waals surface area contributed by atoms with Gasteiger partial charge in [0.1, 0.15) is 23.2 Å². The third kappa shape index (κ3) is 4.55. The minimum Gasteiger partial charge on any atom is -1.00 e. The highest BCUT2D eigenvalue weighted by atomic mass is 79.9. The van der Waals surface area contributed by atoms with Gasteiger partial charge in [-0.3, -0.25) is 0 Å². The van der Waals surface area contributed by atoms with Crippen molar-refractivity contribution >= 4 is 50.1 Å². The lowest BCUT2D eigenvalue weighted by molar-refractivity contribution is -0.00000435. The van der Waals surface area contributed by atoms with Gasteiger partial charge in [-0.05, 0) is 43.3 Å². The molecular formula is C20H24Br2P2. The molecule has 3 aromatic rings.